The maximum absolute atomic E-state index is 13.3. The highest BCUT2D eigenvalue weighted by Gasteiger charge is 2.27. The molecule has 2 aromatic rings. The van der Waals surface area contributed by atoms with E-state index in [1.54, 1.807) is 12.1 Å². The third kappa shape index (κ3) is 5.95. The minimum absolute atomic E-state index is 0.0774. The Morgan fingerprint density at radius 1 is 1.10 bits per heavy atom. The number of sulfonamides is 1. The second-order valence-corrected chi connectivity index (χ2v) is 9.40. The van der Waals surface area contributed by atoms with E-state index < -0.39 is 10.0 Å². The summed E-state index contributed by atoms with van der Waals surface area (Å²) in [5.74, 6) is -0.360. The van der Waals surface area contributed by atoms with Crippen molar-refractivity contribution < 1.29 is 17.9 Å². The summed E-state index contributed by atoms with van der Waals surface area (Å²) in [4.78, 5) is 14.9. The molecule has 1 amide bonds. The van der Waals surface area contributed by atoms with E-state index in [0.29, 0.717) is 37.0 Å². The molecule has 7 nitrogen and oxygen atoms in total. The minimum Gasteiger partial charge on any atom is -0.379 e. The number of rotatable bonds is 8. The zero-order valence-electron chi connectivity index (χ0n) is 16.9. The maximum Gasteiger partial charge on any atom is 0.264 e. The number of amides is 1. The number of carbonyl (C=O) groups excluding carboxylic acids is 1. The first-order chi connectivity index (χ1) is 14.4. The van der Waals surface area contributed by atoms with Crippen molar-refractivity contribution in [3.05, 3.63) is 59.1 Å². The number of hydrogen-bond acceptors (Lipinski definition) is 5. The molecule has 1 aliphatic heterocycles. The Balaban J connectivity index is 1.73. The number of benzene rings is 2. The number of anilines is 1. The number of nitrogens with zero attached hydrogens (tertiary/aromatic N) is 2. The number of aryl methyl sites for hydroxylation is 1. The number of hydrogen-bond donors (Lipinski definition) is 1. The summed E-state index contributed by atoms with van der Waals surface area (Å²) in [6.45, 7) is 5.79. The Morgan fingerprint density at radius 3 is 2.37 bits per heavy atom. The fraction of sp³-hybridized carbons (Fsp3) is 0.381. The zero-order valence-corrected chi connectivity index (χ0v) is 18.5. The average molecular weight is 452 g/mol. The SMILES string of the molecule is Cc1ccc(N(CC(=O)NCCN2CCOCC2)S(=O)(=O)c2ccc(Cl)cc2)cc1. The second-order valence-electron chi connectivity index (χ2n) is 7.11. The molecule has 0 saturated carbocycles. The van der Waals surface area contributed by atoms with Gasteiger partial charge in [-0.25, -0.2) is 8.42 Å². The highest BCUT2D eigenvalue weighted by Crippen LogP contribution is 2.25. The first-order valence-corrected chi connectivity index (χ1v) is 11.6. The van der Waals surface area contributed by atoms with Crippen molar-refractivity contribution in [2.75, 3.05) is 50.2 Å². The van der Waals surface area contributed by atoms with Crippen LogP contribution in [0.5, 0.6) is 0 Å². The fourth-order valence-electron chi connectivity index (χ4n) is 3.12. The summed E-state index contributed by atoms with van der Waals surface area (Å²) in [6, 6.07) is 12.9. The van der Waals surface area contributed by atoms with E-state index in [-0.39, 0.29) is 17.3 Å². The van der Waals surface area contributed by atoms with Crippen molar-refractivity contribution in [2.45, 2.75) is 11.8 Å². The fourth-order valence-corrected chi connectivity index (χ4v) is 4.67. The zero-order chi connectivity index (χ0) is 21.6. The molecular formula is C21H26ClN3O4S. The van der Waals surface area contributed by atoms with E-state index in [1.807, 2.05) is 19.1 Å². The highest BCUT2D eigenvalue weighted by atomic mass is 35.5. The maximum atomic E-state index is 13.3. The molecule has 3 rings (SSSR count). The van der Waals surface area contributed by atoms with Crippen molar-refractivity contribution in [1.82, 2.24) is 10.2 Å². The lowest BCUT2D eigenvalue weighted by molar-refractivity contribution is -0.119. The number of halogens is 1. The predicted octanol–water partition coefficient (Wildman–Crippen LogP) is 2.29. The quantitative estimate of drug-likeness (QED) is 0.666. The summed E-state index contributed by atoms with van der Waals surface area (Å²) in [5.41, 5.74) is 1.43. The average Bonchev–Trinajstić information content (AvgIpc) is 2.74. The molecule has 0 aromatic heterocycles. The van der Waals surface area contributed by atoms with Gasteiger partial charge in [-0.05, 0) is 43.3 Å². The second kappa shape index (κ2) is 10.3. The van der Waals surface area contributed by atoms with Crippen molar-refractivity contribution in [2.24, 2.45) is 0 Å². The van der Waals surface area contributed by atoms with Gasteiger partial charge in [0.2, 0.25) is 5.91 Å². The Morgan fingerprint density at radius 2 is 1.73 bits per heavy atom. The number of carbonyl (C=O) groups is 1. The van der Waals surface area contributed by atoms with Crippen LogP contribution >= 0.6 is 11.6 Å². The van der Waals surface area contributed by atoms with Gasteiger partial charge in [-0.15, -0.1) is 0 Å². The van der Waals surface area contributed by atoms with E-state index in [4.69, 9.17) is 16.3 Å². The van der Waals surface area contributed by atoms with Gasteiger partial charge >= 0.3 is 0 Å². The number of nitrogens with one attached hydrogen (secondary N) is 1. The molecule has 2 aromatic carbocycles. The van der Waals surface area contributed by atoms with Gasteiger partial charge in [-0.2, -0.15) is 0 Å². The van der Waals surface area contributed by atoms with Crippen molar-refractivity contribution >= 4 is 33.2 Å². The van der Waals surface area contributed by atoms with Crippen LogP contribution < -0.4 is 9.62 Å². The van der Waals surface area contributed by atoms with Crippen LogP contribution in [0.1, 0.15) is 5.56 Å². The van der Waals surface area contributed by atoms with E-state index in [0.717, 1.165) is 23.0 Å². The van der Waals surface area contributed by atoms with Gasteiger partial charge < -0.3 is 10.1 Å². The standard InChI is InChI=1S/C21H26ClN3O4S/c1-17-2-6-19(7-3-17)25(30(27,28)20-8-4-18(22)5-9-20)16-21(26)23-10-11-24-12-14-29-15-13-24/h2-9H,10-16H2,1H3,(H,23,26). The smallest absolute Gasteiger partial charge is 0.264 e. The van der Waals surface area contributed by atoms with Gasteiger partial charge in [0, 0.05) is 31.2 Å². The molecule has 1 N–H and O–H groups in total. The molecule has 0 spiro atoms. The summed E-state index contributed by atoms with van der Waals surface area (Å²) in [5, 5.41) is 3.27. The van der Waals surface area contributed by atoms with Crippen LogP contribution in [-0.4, -0.2) is 65.2 Å². The van der Waals surface area contributed by atoms with E-state index in [1.165, 1.54) is 24.3 Å². The van der Waals surface area contributed by atoms with Crippen LogP contribution in [0.25, 0.3) is 0 Å². The summed E-state index contributed by atoms with van der Waals surface area (Å²) in [7, 11) is -3.94. The molecule has 0 aliphatic carbocycles. The Kier molecular flexibility index (Phi) is 7.71. The van der Waals surface area contributed by atoms with Crippen LogP contribution in [-0.2, 0) is 19.6 Å². The topological polar surface area (TPSA) is 79.0 Å². The third-order valence-corrected chi connectivity index (χ3v) is 6.90. The largest absolute Gasteiger partial charge is 0.379 e. The molecule has 1 saturated heterocycles. The normalized spacial score (nSPS) is 15.0. The van der Waals surface area contributed by atoms with Gasteiger partial charge in [-0.3, -0.25) is 14.0 Å². The molecule has 1 aliphatic rings. The van der Waals surface area contributed by atoms with Crippen molar-refractivity contribution in [3.63, 3.8) is 0 Å². The number of morpholine rings is 1. The minimum atomic E-state index is -3.94. The van der Waals surface area contributed by atoms with E-state index >= 15 is 0 Å². The first kappa shape index (κ1) is 22.6. The van der Waals surface area contributed by atoms with Crippen LogP contribution in [0.3, 0.4) is 0 Å². The lowest BCUT2D eigenvalue weighted by Crippen LogP contribution is -2.44. The Hall–Kier alpha value is -2.13. The van der Waals surface area contributed by atoms with Crippen LogP contribution in [0.15, 0.2) is 53.4 Å². The lowest BCUT2D eigenvalue weighted by Gasteiger charge is -2.27. The molecule has 0 atom stereocenters. The summed E-state index contributed by atoms with van der Waals surface area (Å²) in [6.07, 6.45) is 0. The molecule has 0 radical (unpaired) electrons. The summed E-state index contributed by atoms with van der Waals surface area (Å²) >= 11 is 5.90. The monoisotopic (exact) mass is 451 g/mol. The van der Waals surface area contributed by atoms with Crippen LogP contribution in [0.2, 0.25) is 5.02 Å². The lowest BCUT2D eigenvalue weighted by atomic mass is 10.2. The van der Waals surface area contributed by atoms with Crippen LogP contribution in [0, 0.1) is 6.92 Å². The molecular weight excluding hydrogens is 426 g/mol. The Bertz CT molecular complexity index is 943. The number of ether oxygens (including phenoxy) is 1. The molecule has 1 heterocycles. The van der Waals surface area contributed by atoms with Gasteiger partial charge in [0.25, 0.3) is 10.0 Å². The van der Waals surface area contributed by atoms with Gasteiger partial charge in [0.05, 0.1) is 23.8 Å². The summed E-state index contributed by atoms with van der Waals surface area (Å²) < 4.78 is 33.0. The molecule has 0 unspecified atom stereocenters. The molecule has 30 heavy (non-hydrogen) atoms. The van der Waals surface area contributed by atoms with E-state index in [2.05, 4.69) is 10.2 Å². The van der Waals surface area contributed by atoms with E-state index in [9.17, 15) is 13.2 Å². The molecule has 1 fully saturated rings. The predicted molar refractivity (Wildman–Crippen MR) is 117 cm³/mol. The molecule has 0 bridgehead atoms. The van der Waals surface area contributed by atoms with Crippen molar-refractivity contribution in [1.29, 1.82) is 0 Å². The molecule has 162 valence electrons. The van der Waals surface area contributed by atoms with Gasteiger partial charge in [-0.1, -0.05) is 29.3 Å². The Labute approximate surface area is 182 Å². The molecule has 9 heteroatoms. The third-order valence-electron chi connectivity index (χ3n) is 4.86. The highest BCUT2D eigenvalue weighted by molar-refractivity contribution is 7.92. The van der Waals surface area contributed by atoms with Gasteiger partial charge in [0.15, 0.2) is 0 Å². The first-order valence-electron chi connectivity index (χ1n) is 9.78. The van der Waals surface area contributed by atoms with Crippen LogP contribution in [0.4, 0.5) is 5.69 Å². The van der Waals surface area contributed by atoms with Crippen molar-refractivity contribution in [3.8, 4) is 0 Å². The van der Waals surface area contributed by atoms with Gasteiger partial charge in [0.1, 0.15) is 6.54 Å².